The number of pyridine rings is 3. The molecule has 0 saturated carbocycles. The van der Waals surface area contributed by atoms with Crippen molar-refractivity contribution in [1.82, 2.24) is 19.4 Å². The predicted molar refractivity (Wildman–Crippen MR) is 140 cm³/mol. The zero-order valence-electron chi connectivity index (χ0n) is 18.8. The number of fused-ring (bicyclic) bond motifs is 16. The second kappa shape index (κ2) is 6.10. The lowest BCUT2D eigenvalue weighted by Gasteiger charge is -2.13. The van der Waals surface area contributed by atoms with Crippen molar-refractivity contribution < 1.29 is 0 Å². The van der Waals surface area contributed by atoms with Crippen LogP contribution >= 0.6 is 0 Å². The Kier molecular flexibility index (Phi) is 3.11. The second-order valence-corrected chi connectivity index (χ2v) is 9.67. The fraction of sp³-hybridized carbons (Fsp3) is 0.0645. The van der Waals surface area contributed by atoms with E-state index in [9.17, 15) is 0 Å². The van der Waals surface area contributed by atoms with E-state index in [-0.39, 0.29) is 0 Å². The number of rotatable bonds is 0. The molecule has 9 rings (SSSR count). The lowest BCUT2D eigenvalue weighted by atomic mass is 9.93. The molecule has 0 radical (unpaired) electrons. The standard InChI is InChI=1S/C31H18N4/c1-2-5-20-17(4-1)14-18-7-9-21-24(27(18)20)15-19-8-10-23-29(28(19)21)22-11-13-32-16-26(22)35-25-6-3-12-33-30(25)34-31(23)35/h1-13,16H,14-15H2. The molecule has 4 aromatic heterocycles. The third-order valence-electron chi connectivity index (χ3n) is 7.98. The summed E-state index contributed by atoms with van der Waals surface area (Å²) in [5, 5.41) is 3.64. The molecular weight excluding hydrogens is 428 g/mol. The van der Waals surface area contributed by atoms with Crippen LogP contribution in [0.3, 0.4) is 0 Å². The summed E-state index contributed by atoms with van der Waals surface area (Å²) in [6.07, 6.45) is 7.67. The Hall–Kier alpha value is -4.57. The molecule has 4 heteroatoms. The molecule has 2 aliphatic rings. The van der Waals surface area contributed by atoms with Gasteiger partial charge in [-0.15, -0.1) is 0 Å². The van der Waals surface area contributed by atoms with Crippen molar-refractivity contribution in [2.45, 2.75) is 12.8 Å². The summed E-state index contributed by atoms with van der Waals surface area (Å²) in [6.45, 7) is 0. The van der Waals surface area contributed by atoms with Crippen LogP contribution in [0.15, 0.2) is 85.3 Å². The third-order valence-corrected chi connectivity index (χ3v) is 7.98. The summed E-state index contributed by atoms with van der Waals surface area (Å²) in [5.74, 6) is 0. The van der Waals surface area contributed by atoms with Gasteiger partial charge in [0.25, 0.3) is 0 Å². The van der Waals surface area contributed by atoms with Crippen LogP contribution in [0.5, 0.6) is 0 Å². The maximum Gasteiger partial charge on any atom is 0.178 e. The van der Waals surface area contributed by atoms with E-state index in [0.717, 1.165) is 40.6 Å². The minimum Gasteiger partial charge on any atom is -0.288 e. The van der Waals surface area contributed by atoms with Crippen molar-refractivity contribution >= 4 is 38.5 Å². The van der Waals surface area contributed by atoms with Gasteiger partial charge >= 0.3 is 0 Å². The molecule has 2 aliphatic carbocycles. The van der Waals surface area contributed by atoms with Gasteiger partial charge in [-0.1, -0.05) is 48.5 Å². The number of nitrogens with zero attached hydrogens (tertiary/aromatic N) is 4. The first kappa shape index (κ1) is 17.8. The quantitative estimate of drug-likeness (QED) is 0.243. The average molecular weight is 447 g/mol. The lowest BCUT2D eigenvalue weighted by Crippen LogP contribution is -1.94. The van der Waals surface area contributed by atoms with E-state index in [1.165, 1.54) is 55.3 Å². The van der Waals surface area contributed by atoms with Crippen molar-refractivity contribution in [2.75, 3.05) is 0 Å². The van der Waals surface area contributed by atoms with Gasteiger partial charge in [0.2, 0.25) is 0 Å². The van der Waals surface area contributed by atoms with Crippen LogP contribution < -0.4 is 0 Å². The molecule has 0 unspecified atom stereocenters. The Morgan fingerprint density at radius 3 is 2.57 bits per heavy atom. The van der Waals surface area contributed by atoms with Crippen molar-refractivity contribution in [2.24, 2.45) is 0 Å². The first-order valence-corrected chi connectivity index (χ1v) is 12.0. The molecule has 0 atom stereocenters. The van der Waals surface area contributed by atoms with E-state index in [1.807, 2.05) is 24.7 Å². The van der Waals surface area contributed by atoms with Crippen LogP contribution in [0.2, 0.25) is 0 Å². The van der Waals surface area contributed by atoms with Crippen LogP contribution in [0.1, 0.15) is 22.3 Å². The lowest BCUT2D eigenvalue weighted by molar-refractivity contribution is 1.23. The Bertz CT molecular complexity index is 2070. The van der Waals surface area contributed by atoms with Gasteiger partial charge in [-0.25, -0.2) is 9.97 Å². The monoisotopic (exact) mass is 446 g/mol. The molecule has 0 saturated heterocycles. The zero-order valence-corrected chi connectivity index (χ0v) is 18.8. The Labute approximate surface area is 200 Å². The number of hydrogen-bond acceptors (Lipinski definition) is 3. The number of benzene rings is 3. The van der Waals surface area contributed by atoms with Gasteiger partial charge in [0, 0.05) is 28.6 Å². The highest BCUT2D eigenvalue weighted by Gasteiger charge is 2.30. The molecule has 0 amide bonds. The largest absolute Gasteiger partial charge is 0.288 e. The molecule has 0 aliphatic heterocycles. The molecule has 7 aromatic rings. The number of imidazole rings is 1. The number of hydrogen-bond donors (Lipinski definition) is 0. The van der Waals surface area contributed by atoms with E-state index in [0.29, 0.717) is 0 Å². The Morgan fingerprint density at radius 2 is 1.57 bits per heavy atom. The van der Waals surface area contributed by atoms with Crippen LogP contribution in [0, 0.1) is 0 Å². The highest BCUT2D eigenvalue weighted by molar-refractivity contribution is 6.20. The molecule has 0 bridgehead atoms. The molecule has 35 heavy (non-hydrogen) atoms. The van der Waals surface area contributed by atoms with E-state index >= 15 is 0 Å². The molecule has 0 N–H and O–H groups in total. The van der Waals surface area contributed by atoms with E-state index in [1.54, 1.807) is 0 Å². The van der Waals surface area contributed by atoms with E-state index < -0.39 is 0 Å². The average Bonchev–Trinajstić information content (AvgIpc) is 3.59. The summed E-state index contributed by atoms with van der Waals surface area (Å²) >= 11 is 0. The fourth-order valence-electron chi connectivity index (χ4n) is 6.59. The van der Waals surface area contributed by atoms with Gasteiger partial charge in [0.1, 0.15) is 5.65 Å². The molecule has 4 nitrogen and oxygen atoms in total. The van der Waals surface area contributed by atoms with Crippen LogP contribution in [-0.2, 0) is 12.8 Å². The second-order valence-electron chi connectivity index (χ2n) is 9.67. The molecule has 162 valence electrons. The zero-order chi connectivity index (χ0) is 22.7. The van der Waals surface area contributed by atoms with Gasteiger partial charge in [-0.05, 0) is 75.5 Å². The van der Waals surface area contributed by atoms with Crippen LogP contribution in [-0.4, -0.2) is 19.4 Å². The van der Waals surface area contributed by atoms with Gasteiger partial charge < -0.3 is 0 Å². The molecule has 4 heterocycles. The topological polar surface area (TPSA) is 43.1 Å². The summed E-state index contributed by atoms with van der Waals surface area (Å²) in [4.78, 5) is 14.0. The smallest absolute Gasteiger partial charge is 0.178 e. The van der Waals surface area contributed by atoms with Gasteiger partial charge in [-0.2, -0.15) is 0 Å². The first-order chi connectivity index (χ1) is 17.4. The normalized spacial score (nSPS) is 13.5. The highest BCUT2D eigenvalue weighted by Crippen LogP contribution is 2.50. The van der Waals surface area contributed by atoms with Crippen molar-refractivity contribution in [3.8, 4) is 22.3 Å². The van der Waals surface area contributed by atoms with Gasteiger partial charge in [0.05, 0.1) is 17.2 Å². The Balaban J connectivity index is 1.47. The van der Waals surface area contributed by atoms with Gasteiger partial charge in [-0.3, -0.25) is 9.38 Å². The van der Waals surface area contributed by atoms with Crippen molar-refractivity contribution in [1.29, 1.82) is 0 Å². The summed E-state index contributed by atoms with van der Waals surface area (Å²) in [6, 6.07) is 24.4. The molecule has 0 spiro atoms. The highest BCUT2D eigenvalue weighted by atomic mass is 15.1. The SMILES string of the molecule is c1ccc2c(c1)Cc1ccc3c(c1-2)Cc1ccc2c(c1-3)c1ccncc1n1c3cccnc3nc21. The minimum atomic E-state index is 0.764. The number of aromatic nitrogens is 4. The van der Waals surface area contributed by atoms with E-state index in [2.05, 4.69) is 75.0 Å². The summed E-state index contributed by atoms with van der Waals surface area (Å²) < 4.78 is 2.22. The minimum absolute atomic E-state index is 0.764. The maximum atomic E-state index is 4.99. The first-order valence-electron chi connectivity index (χ1n) is 12.0. The Morgan fingerprint density at radius 1 is 0.657 bits per heavy atom. The van der Waals surface area contributed by atoms with Gasteiger partial charge in [0.15, 0.2) is 5.65 Å². The van der Waals surface area contributed by atoms with Crippen LogP contribution in [0.4, 0.5) is 0 Å². The van der Waals surface area contributed by atoms with Crippen molar-refractivity contribution in [3.05, 3.63) is 108 Å². The molecule has 3 aromatic carbocycles. The van der Waals surface area contributed by atoms with Crippen molar-refractivity contribution in [3.63, 3.8) is 0 Å². The molecular formula is C31H18N4. The van der Waals surface area contributed by atoms with Crippen LogP contribution in [0.25, 0.3) is 60.7 Å². The summed E-state index contributed by atoms with van der Waals surface area (Å²) in [5.41, 5.74) is 15.1. The molecule has 0 fully saturated rings. The predicted octanol–water partition coefficient (Wildman–Crippen LogP) is 6.73. The maximum absolute atomic E-state index is 4.99. The summed E-state index contributed by atoms with van der Waals surface area (Å²) in [7, 11) is 0. The fourth-order valence-corrected chi connectivity index (χ4v) is 6.59. The third kappa shape index (κ3) is 2.11. The van der Waals surface area contributed by atoms with E-state index in [4.69, 9.17) is 4.98 Å².